The number of hydrogen-bond acceptors (Lipinski definition) is 4. The molecule has 1 aliphatic rings. The van der Waals surface area contributed by atoms with E-state index in [4.69, 9.17) is 0 Å². The molecule has 2 rings (SSSR count). The number of rotatable bonds is 5. The molecule has 0 aromatic carbocycles. The minimum Gasteiger partial charge on any atom is -0.344 e. The van der Waals surface area contributed by atoms with Crippen LogP contribution in [0, 0.1) is 12.8 Å². The Bertz CT molecular complexity index is 509. The van der Waals surface area contributed by atoms with Crippen LogP contribution in [-0.4, -0.2) is 34.8 Å². The summed E-state index contributed by atoms with van der Waals surface area (Å²) in [6.07, 6.45) is 4.31. The largest absolute Gasteiger partial charge is 0.344 e. The van der Waals surface area contributed by atoms with Gasteiger partial charge in [0, 0.05) is 19.4 Å². The normalized spacial score (nSPS) is 16.7. The van der Waals surface area contributed by atoms with Gasteiger partial charge in [0.2, 0.25) is 11.8 Å². The lowest BCUT2D eigenvalue weighted by molar-refractivity contribution is -0.137. The first-order valence-corrected chi connectivity index (χ1v) is 8.28. The van der Waals surface area contributed by atoms with Crippen LogP contribution >= 0.6 is 11.3 Å². The monoisotopic (exact) mass is 309 g/mol. The molecule has 1 atom stereocenters. The molecule has 1 N–H and O–H groups in total. The number of carbonyl (C=O) groups excluding carboxylic acids is 2. The molecule has 21 heavy (non-hydrogen) atoms. The molecule has 1 aromatic rings. The van der Waals surface area contributed by atoms with Gasteiger partial charge in [0.25, 0.3) is 0 Å². The van der Waals surface area contributed by atoms with Crippen molar-refractivity contribution in [1.29, 1.82) is 0 Å². The summed E-state index contributed by atoms with van der Waals surface area (Å²) in [5, 5.41) is 5.82. The average molecular weight is 309 g/mol. The number of nitrogens with one attached hydrogen (secondary N) is 1. The van der Waals surface area contributed by atoms with Crippen LogP contribution in [0.1, 0.15) is 43.3 Å². The zero-order valence-corrected chi connectivity index (χ0v) is 13.7. The van der Waals surface area contributed by atoms with Crippen LogP contribution in [0.25, 0.3) is 0 Å². The van der Waals surface area contributed by atoms with Crippen molar-refractivity contribution in [1.82, 2.24) is 15.2 Å². The van der Waals surface area contributed by atoms with Gasteiger partial charge in [-0.05, 0) is 25.7 Å². The molecule has 0 radical (unpaired) electrons. The number of aromatic nitrogens is 1. The standard InChI is InChI=1S/C15H23N3O2S/c1-10(19)16-14(12-6-4-5-7-12)15(20)18(3)8-13-9-21-11(2)17-13/h9,12,14H,4-8H2,1-3H3,(H,16,19). The van der Waals surface area contributed by atoms with Crippen molar-refractivity contribution in [2.24, 2.45) is 5.92 Å². The molecule has 5 nitrogen and oxygen atoms in total. The second-order valence-corrected chi connectivity index (χ2v) is 6.84. The Kier molecular flexibility index (Phi) is 5.33. The fourth-order valence-corrected chi connectivity index (χ4v) is 3.53. The summed E-state index contributed by atoms with van der Waals surface area (Å²) in [4.78, 5) is 30.1. The van der Waals surface area contributed by atoms with Gasteiger partial charge < -0.3 is 10.2 Å². The molecule has 6 heteroatoms. The molecular weight excluding hydrogens is 286 g/mol. The van der Waals surface area contributed by atoms with Crippen molar-refractivity contribution < 1.29 is 9.59 Å². The van der Waals surface area contributed by atoms with E-state index in [1.165, 1.54) is 6.92 Å². The zero-order chi connectivity index (χ0) is 15.4. The highest BCUT2D eigenvalue weighted by molar-refractivity contribution is 7.09. The third kappa shape index (κ3) is 4.27. The van der Waals surface area contributed by atoms with Gasteiger partial charge >= 0.3 is 0 Å². The number of amides is 2. The van der Waals surface area contributed by atoms with E-state index in [1.54, 1.807) is 23.3 Å². The van der Waals surface area contributed by atoms with E-state index in [-0.39, 0.29) is 17.7 Å². The van der Waals surface area contributed by atoms with E-state index in [9.17, 15) is 9.59 Å². The zero-order valence-electron chi connectivity index (χ0n) is 12.9. The van der Waals surface area contributed by atoms with Crippen LogP contribution in [0.3, 0.4) is 0 Å². The lowest BCUT2D eigenvalue weighted by Gasteiger charge is -2.27. The summed E-state index contributed by atoms with van der Waals surface area (Å²) >= 11 is 1.58. The first kappa shape index (κ1) is 15.9. The molecule has 0 aliphatic heterocycles. The van der Waals surface area contributed by atoms with Gasteiger partial charge in [0.15, 0.2) is 0 Å². The molecule has 116 valence electrons. The van der Waals surface area contributed by atoms with Gasteiger partial charge in [-0.15, -0.1) is 11.3 Å². The minimum atomic E-state index is -0.394. The quantitative estimate of drug-likeness (QED) is 0.906. The number of thiazole rings is 1. The highest BCUT2D eigenvalue weighted by atomic mass is 32.1. The smallest absolute Gasteiger partial charge is 0.245 e. The van der Waals surface area contributed by atoms with Crippen molar-refractivity contribution in [3.8, 4) is 0 Å². The first-order valence-electron chi connectivity index (χ1n) is 7.40. The maximum Gasteiger partial charge on any atom is 0.245 e. The third-order valence-electron chi connectivity index (χ3n) is 3.94. The molecular formula is C15H23N3O2S. The Morgan fingerprint density at radius 2 is 2.14 bits per heavy atom. The number of aryl methyl sites for hydroxylation is 1. The Morgan fingerprint density at radius 1 is 1.48 bits per heavy atom. The van der Waals surface area contributed by atoms with Crippen LogP contribution < -0.4 is 5.32 Å². The molecule has 1 heterocycles. The number of likely N-dealkylation sites (N-methyl/N-ethyl adjacent to an activating group) is 1. The molecule has 0 bridgehead atoms. The van der Waals surface area contributed by atoms with Crippen LogP contribution in [-0.2, 0) is 16.1 Å². The lowest BCUT2D eigenvalue weighted by atomic mass is 9.96. The number of hydrogen-bond donors (Lipinski definition) is 1. The SMILES string of the molecule is CC(=O)NC(C(=O)N(C)Cc1csc(C)n1)C1CCCC1. The Morgan fingerprint density at radius 3 is 2.67 bits per heavy atom. The van der Waals surface area contributed by atoms with Crippen molar-refractivity contribution in [3.05, 3.63) is 16.1 Å². The van der Waals surface area contributed by atoms with Crippen molar-refractivity contribution in [3.63, 3.8) is 0 Å². The minimum absolute atomic E-state index is 0.0113. The number of nitrogens with zero attached hydrogens (tertiary/aromatic N) is 2. The summed E-state index contributed by atoms with van der Waals surface area (Å²) in [5.74, 6) is 0.113. The molecule has 1 unspecified atom stereocenters. The van der Waals surface area contributed by atoms with Crippen molar-refractivity contribution >= 4 is 23.2 Å². The summed E-state index contributed by atoms with van der Waals surface area (Å²) in [7, 11) is 1.78. The topological polar surface area (TPSA) is 62.3 Å². The molecule has 1 fully saturated rings. The van der Waals surface area contributed by atoms with E-state index in [1.807, 2.05) is 12.3 Å². The van der Waals surface area contributed by atoms with Crippen LogP contribution in [0.15, 0.2) is 5.38 Å². The van der Waals surface area contributed by atoms with E-state index >= 15 is 0 Å². The molecule has 0 spiro atoms. The second kappa shape index (κ2) is 7.02. The first-order chi connectivity index (χ1) is 9.97. The van der Waals surface area contributed by atoms with E-state index < -0.39 is 6.04 Å². The lowest BCUT2D eigenvalue weighted by Crippen LogP contribution is -2.50. The highest BCUT2D eigenvalue weighted by Gasteiger charge is 2.33. The third-order valence-corrected chi connectivity index (χ3v) is 4.76. The second-order valence-electron chi connectivity index (χ2n) is 5.77. The molecule has 1 aromatic heterocycles. The van der Waals surface area contributed by atoms with Crippen LogP contribution in [0.5, 0.6) is 0 Å². The Hall–Kier alpha value is -1.43. The Balaban J connectivity index is 2.03. The van der Waals surface area contributed by atoms with E-state index in [0.717, 1.165) is 36.4 Å². The van der Waals surface area contributed by atoms with Gasteiger partial charge in [0.1, 0.15) is 6.04 Å². The fraction of sp³-hybridized carbons (Fsp3) is 0.667. The average Bonchev–Trinajstić information content (AvgIpc) is 3.06. The summed E-state index contributed by atoms with van der Waals surface area (Å²) in [5.41, 5.74) is 0.904. The fourth-order valence-electron chi connectivity index (χ4n) is 2.93. The van der Waals surface area contributed by atoms with Gasteiger partial charge in [-0.25, -0.2) is 4.98 Å². The van der Waals surface area contributed by atoms with Crippen molar-refractivity contribution in [2.75, 3.05) is 7.05 Å². The van der Waals surface area contributed by atoms with Crippen LogP contribution in [0.4, 0.5) is 0 Å². The maximum atomic E-state index is 12.7. The van der Waals surface area contributed by atoms with E-state index in [0.29, 0.717) is 6.54 Å². The summed E-state index contributed by atoms with van der Waals surface area (Å²) in [6, 6.07) is -0.394. The molecule has 2 amide bonds. The molecule has 1 saturated carbocycles. The van der Waals surface area contributed by atoms with Gasteiger partial charge in [-0.1, -0.05) is 12.8 Å². The van der Waals surface area contributed by atoms with Gasteiger partial charge in [-0.2, -0.15) is 0 Å². The summed E-state index contributed by atoms with van der Waals surface area (Å²) < 4.78 is 0. The van der Waals surface area contributed by atoms with Gasteiger partial charge in [-0.3, -0.25) is 9.59 Å². The van der Waals surface area contributed by atoms with Gasteiger partial charge in [0.05, 0.1) is 17.2 Å². The molecule has 1 aliphatic carbocycles. The van der Waals surface area contributed by atoms with E-state index in [2.05, 4.69) is 10.3 Å². The summed E-state index contributed by atoms with van der Waals surface area (Å²) in [6.45, 7) is 3.92. The maximum absolute atomic E-state index is 12.7. The van der Waals surface area contributed by atoms with Crippen molar-refractivity contribution in [2.45, 2.75) is 52.1 Å². The number of carbonyl (C=O) groups is 2. The molecule has 0 saturated heterocycles. The predicted molar refractivity (Wildman–Crippen MR) is 82.9 cm³/mol. The predicted octanol–water partition coefficient (Wildman–Crippen LogP) is 2.10. The Labute approximate surface area is 129 Å². The highest BCUT2D eigenvalue weighted by Crippen LogP contribution is 2.28. The van der Waals surface area contributed by atoms with Crippen LogP contribution in [0.2, 0.25) is 0 Å².